The molecule has 0 atom stereocenters. The van der Waals surface area contributed by atoms with Crippen molar-refractivity contribution >= 4 is 27.3 Å². The minimum atomic E-state index is -10.7. The predicted molar refractivity (Wildman–Crippen MR) is 146 cm³/mol. The largest absolute Gasteiger partial charge is 1.00 e. The van der Waals surface area contributed by atoms with E-state index in [-0.39, 0.29) is 16.6 Å². The van der Waals surface area contributed by atoms with E-state index in [4.69, 9.17) is 9.47 Å². The normalized spacial score (nSPS) is 11.6. The first-order valence-electron chi connectivity index (χ1n) is 12.8. The second-order valence-corrected chi connectivity index (χ2v) is 10.3. The summed E-state index contributed by atoms with van der Waals surface area (Å²) >= 11 is 0. The minimum Gasteiger partial charge on any atom is -1.00 e. The molecular weight excluding hydrogens is 640 g/mol. The van der Waals surface area contributed by atoms with Gasteiger partial charge in [0.1, 0.15) is 0 Å². The van der Waals surface area contributed by atoms with E-state index in [1.807, 2.05) is 25.0 Å². The first-order valence-corrected chi connectivity index (χ1v) is 14.8. The molecule has 2 aromatic heterocycles. The first-order chi connectivity index (χ1) is 19.8. The van der Waals surface area contributed by atoms with Crippen molar-refractivity contribution in [3.63, 3.8) is 0 Å². The molecule has 0 amide bonds. The molecule has 2 rings (SSSR count). The fourth-order valence-electron chi connectivity index (χ4n) is 2.80. The van der Waals surface area contributed by atoms with Crippen LogP contribution in [0.25, 0.3) is 0 Å². The summed E-state index contributed by atoms with van der Waals surface area (Å²) in [7, 11) is -14.3. The van der Waals surface area contributed by atoms with E-state index in [0.29, 0.717) is 13.2 Å². The number of aromatic nitrogens is 4. The average Bonchev–Trinajstić information content (AvgIpc) is 3.60. The Bertz CT molecular complexity index is 936. The summed E-state index contributed by atoms with van der Waals surface area (Å²) in [5, 5.41) is 0. The Hall–Kier alpha value is -3.37. The maximum Gasteiger partial charge on any atom is -1.00 e. The number of esters is 2. The Kier molecular flexibility index (Phi) is 23.6. The number of carbonyl (C=O) groups excluding carboxylic acids is 2. The molecular formula is C24H36BF10N4O4P-2. The molecule has 20 heteroatoms. The quantitative estimate of drug-likeness (QED) is 0.0574. The van der Waals surface area contributed by atoms with Gasteiger partial charge in [-0.15, -0.1) is 0 Å². The fourth-order valence-corrected chi connectivity index (χ4v) is 2.80. The topological polar surface area (TPSA) is 88.2 Å². The van der Waals surface area contributed by atoms with Crippen molar-refractivity contribution in [3.8, 4) is 0 Å². The first kappa shape index (κ1) is 45.1. The SMILES string of the molecule is C=CC(=O)OCCCCCCn1ccnc1.C=CC(=O)OCCCCCCn1ccnc1.FB(F)F.F[P-](F)(F)(F)(F)F.[F-]. The van der Waals surface area contributed by atoms with Crippen molar-refractivity contribution in [2.45, 2.75) is 64.5 Å². The molecule has 0 aliphatic carbocycles. The monoisotopic (exact) mass is 676 g/mol. The molecule has 0 radical (unpaired) electrons. The third-order valence-corrected chi connectivity index (χ3v) is 4.56. The van der Waals surface area contributed by atoms with Crippen LogP contribution < -0.4 is 4.70 Å². The molecule has 44 heavy (non-hydrogen) atoms. The number of imidazole rings is 2. The Morgan fingerprint density at radius 3 is 1.23 bits per heavy atom. The Morgan fingerprint density at radius 1 is 0.682 bits per heavy atom. The molecule has 8 nitrogen and oxygen atoms in total. The molecule has 0 fully saturated rings. The molecule has 0 spiro atoms. The zero-order valence-corrected chi connectivity index (χ0v) is 24.6. The van der Waals surface area contributed by atoms with E-state index in [1.165, 1.54) is 12.2 Å². The van der Waals surface area contributed by atoms with E-state index in [1.54, 1.807) is 12.4 Å². The summed E-state index contributed by atoms with van der Waals surface area (Å²) in [6, 6.07) is 0. The molecule has 0 bridgehead atoms. The average molecular weight is 676 g/mol. The number of hydrogen-bond donors (Lipinski definition) is 0. The van der Waals surface area contributed by atoms with Gasteiger partial charge < -0.3 is 23.3 Å². The van der Waals surface area contributed by atoms with Gasteiger partial charge in [0.2, 0.25) is 0 Å². The van der Waals surface area contributed by atoms with Crippen LogP contribution in [0.3, 0.4) is 0 Å². The Labute approximate surface area is 249 Å². The van der Waals surface area contributed by atoms with Crippen LogP contribution in [-0.2, 0) is 32.2 Å². The van der Waals surface area contributed by atoms with E-state index < -0.39 is 15.4 Å². The van der Waals surface area contributed by atoms with Gasteiger partial charge in [-0.3, -0.25) is 12.9 Å². The van der Waals surface area contributed by atoms with Gasteiger partial charge in [0.15, 0.2) is 0 Å². The predicted octanol–water partition coefficient (Wildman–Crippen LogP) is 5.61. The van der Waals surface area contributed by atoms with Gasteiger partial charge in [0.25, 0.3) is 0 Å². The van der Waals surface area contributed by atoms with Gasteiger partial charge >= 0.3 is 52.5 Å². The number of nitrogens with zero attached hydrogens (tertiary/aromatic N) is 4. The van der Waals surface area contributed by atoms with E-state index >= 15 is 0 Å². The third kappa shape index (κ3) is 45.6. The maximum atomic E-state index is 10.7. The van der Waals surface area contributed by atoms with Gasteiger partial charge in [-0.25, -0.2) is 19.6 Å². The number of carbonyl (C=O) groups is 2. The molecule has 0 saturated carbocycles. The molecule has 0 saturated heterocycles. The summed E-state index contributed by atoms with van der Waals surface area (Å²) in [6.45, 7) is 9.67. The van der Waals surface area contributed by atoms with Crippen LogP contribution in [0.15, 0.2) is 62.8 Å². The molecule has 2 aromatic rings. The zero-order chi connectivity index (χ0) is 33.3. The summed E-state index contributed by atoms with van der Waals surface area (Å²) in [4.78, 5) is 29.4. The van der Waals surface area contributed by atoms with Crippen LogP contribution in [0.4, 0.5) is 38.1 Å². The summed E-state index contributed by atoms with van der Waals surface area (Å²) in [5.74, 6) is -0.670. The van der Waals surface area contributed by atoms with Gasteiger partial charge in [-0.1, -0.05) is 26.0 Å². The Balaban J connectivity index is -0.000000566. The summed E-state index contributed by atoms with van der Waals surface area (Å²) in [5.41, 5.74) is 0. The van der Waals surface area contributed by atoms with Crippen molar-refractivity contribution in [2.24, 2.45) is 0 Å². The summed E-state index contributed by atoms with van der Waals surface area (Å²) < 4.78 is 102. The molecule has 256 valence electrons. The van der Waals surface area contributed by atoms with Crippen LogP contribution in [0.2, 0.25) is 0 Å². The smallest absolute Gasteiger partial charge is 1.00 e. The number of hydrogen-bond acceptors (Lipinski definition) is 6. The zero-order valence-electron chi connectivity index (χ0n) is 23.7. The van der Waals surface area contributed by atoms with Crippen molar-refractivity contribution in [2.75, 3.05) is 13.2 Å². The molecule has 0 aliphatic heterocycles. The van der Waals surface area contributed by atoms with Gasteiger partial charge in [0.05, 0.1) is 25.9 Å². The number of unbranched alkanes of at least 4 members (excludes halogenated alkanes) is 6. The molecule has 0 aromatic carbocycles. The fraction of sp³-hybridized carbons (Fsp3) is 0.500. The standard InChI is InChI=1S/2C12H18N2O2.BF3.F6P.FH/c2*1-2-12(15)16-10-6-4-3-5-8-14-9-7-13-11-14;2-1(3)4;1-7(2,3,4,5)6;/h2*2,7,9,11H,1,3-6,8,10H2;;;1H/q;;;-1;/p-1. The number of ether oxygens (including phenoxy) is 2. The molecule has 0 N–H and O–H groups in total. The van der Waals surface area contributed by atoms with Crippen LogP contribution in [0, 0.1) is 0 Å². The number of halogens is 10. The van der Waals surface area contributed by atoms with Crippen LogP contribution in [0.1, 0.15) is 51.4 Å². The number of rotatable bonds is 16. The number of aryl methyl sites for hydroxylation is 2. The van der Waals surface area contributed by atoms with Crippen molar-refractivity contribution in [1.29, 1.82) is 0 Å². The van der Waals surface area contributed by atoms with E-state index in [9.17, 15) is 47.7 Å². The van der Waals surface area contributed by atoms with E-state index in [0.717, 1.165) is 64.5 Å². The summed E-state index contributed by atoms with van der Waals surface area (Å²) in [6.07, 6.45) is 22.1. The van der Waals surface area contributed by atoms with Crippen LogP contribution in [0.5, 0.6) is 0 Å². The van der Waals surface area contributed by atoms with Gasteiger partial charge in [-0.2, -0.15) is 0 Å². The van der Waals surface area contributed by atoms with Crippen molar-refractivity contribution in [3.05, 3.63) is 62.8 Å². The second-order valence-electron chi connectivity index (χ2n) is 8.38. The maximum absolute atomic E-state index is 10.7. The molecule has 2 heterocycles. The Morgan fingerprint density at radius 2 is 0.977 bits per heavy atom. The minimum absolute atomic E-state index is 0. The molecule has 0 unspecified atom stereocenters. The third-order valence-electron chi connectivity index (χ3n) is 4.56. The van der Waals surface area contributed by atoms with Crippen LogP contribution >= 0.6 is 7.81 Å². The second kappa shape index (κ2) is 23.1. The van der Waals surface area contributed by atoms with Crippen molar-refractivity contribution < 1.29 is 61.9 Å². The van der Waals surface area contributed by atoms with Crippen molar-refractivity contribution in [1.82, 2.24) is 19.1 Å². The van der Waals surface area contributed by atoms with Gasteiger partial charge in [0, 0.05) is 50.0 Å². The van der Waals surface area contributed by atoms with Crippen LogP contribution in [-0.4, -0.2) is 51.8 Å². The van der Waals surface area contributed by atoms with Gasteiger partial charge in [-0.05, 0) is 38.5 Å². The molecule has 0 aliphatic rings. The van der Waals surface area contributed by atoms with E-state index in [2.05, 4.69) is 32.3 Å².